The van der Waals surface area contributed by atoms with Gasteiger partial charge in [0.15, 0.2) is 0 Å². The highest BCUT2D eigenvalue weighted by Crippen LogP contribution is 2.10. The van der Waals surface area contributed by atoms with E-state index in [9.17, 15) is 0 Å². The highest BCUT2D eigenvalue weighted by atomic mass is 16.5. The van der Waals surface area contributed by atoms with E-state index in [1.165, 1.54) is 76.3 Å². The summed E-state index contributed by atoms with van der Waals surface area (Å²) < 4.78 is 13.1. The molecule has 0 unspecified atom stereocenters. The Morgan fingerprint density at radius 2 is 1.48 bits per heavy atom. The van der Waals surface area contributed by atoms with E-state index in [1.807, 2.05) is 12.5 Å². The van der Waals surface area contributed by atoms with Crippen LogP contribution in [0.4, 0.5) is 0 Å². The molecule has 31 heavy (non-hydrogen) atoms. The summed E-state index contributed by atoms with van der Waals surface area (Å²) in [7, 11) is 1.74. The Bertz CT molecular complexity index is 551. The van der Waals surface area contributed by atoms with Crippen LogP contribution < -0.4 is 0 Å². The highest BCUT2D eigenvalue weighted by Gasteiger charge is 2.02. The van der Waals surface area contributed by atoms with Gasteiger partial charge in [-0.15, -0.1) is 0 Å². The van der Waals surface area contributed by atoms with Crippen LogP contribution in [0.25, 0.3) is 0 Å². The van der Waals surface area contributed by atoms with Gasteiger partial charge in [0.25, 0.3) is 0 Å². The summed E-state index contributed by atoms with van der Waals surface area (Å²) >= 11 is 0. The van der Waals surface area contributed by atoms with Gasteiger partial charge >= 0.3 is 0 Å². The molecule has 1 aromatic heterocycles. The van der Waals surface area contributed by atoms with Crippen LogP contribution in [0.3, 0.4) is 0 Å². The zero-order chi connectivity index (χ0) is 22.2. The number of imidazole rings is 1. The summed E-state index contributed by atoms with van der Waals surface area (Å²) in [5.41, 5.74) is 1.19. The maximum Gasteiger partial charge on any atom is 0.0948 e. The molecule has 0 aromatic carbocycles. The number of rotatable bonds is 22. The average molecular weight is 433 g/mol. The molecule has 0 radical (unpaired) electrons. The molecule has 0 aliphatic rings. The minimum atomic E-state index is 0.662. The number of hydrogen-bond donors (Lipinski definition) is 0. The predicted molar refractivity (Wildman–Crippen MR) is 132 cm³/mol. The van der Waals surface area contributed by atoms with Gasteiger partial charge in [-0.1, -0.05) is 69.8 Å². The Morgan fingerprint density at radius 3 is 2.23 bits per heavy atom. The summed E-state index contributed by atoms with van der Waals surface area (Å²) in [6.07, 6.45) is 30.8. The third-order valence-electron chi connectivity index (χ3n) is 5.54. The molecule has 0 bridgehead atoms. The normalized spacial score (nSPS) is 11.9. The Balaban J connectivity index is 1.92. The van der Waals surface area contributed by atoms with E-state index in [2.05, 4.69) is 40.8 Å². The first-order valence-electron chi connectivity index (χ1n) is 12.7. The molecule has 0 aliphatic heterocycles. The lowest BCUT2D eigenvalue weighted by Gasteiger charge is -2.09. The van der Waals surface area contributed by atoms with E-state index >= 15 is 0 Å². The molecule has 0 fully saturated rings. The zero-order valence-electron chi connectivity index (χ0n) is 20.4. The molecule has 1 rings (SSSR count). The molecule has 0 spiro atoms. The predicted octanol–water partition coefficient (Wildman–Crippen LogP) is 7.64. The van der Waals surface area contributed by atoms with E-state index in [4.69, 9.17) is 9.47 Å². The molecule has 0 saturated heterocycles. The standard InChI is InChI=1S/C27H48N2O2/c1-3-4-5-6-7-8-9-10-11-12-13-14-15-16-17-18-21-29-26-28-24-27(29)25-31-23-20-19-22-30-2/h7-8,10-11,24,26H,3-6,9,12-23,25H2,1-2H3/b8-7-,11-10-. The van der Waals surface area contributed by atoms with Gasteiger partial charge in [0.2, 0.25) is 0 Å². The third-order valence-corrected chi connectivity index (χ3v) is 5.54. The SMILES string of the molecule is CCCCC/C=C\C/C=C\CCCCCCCCn1cncc1COCCCCOC. The molecule has 0 amide bonds. The van der Waals surface area contributed by atoms with E-state index < -0.39 is 0 Å². The van der Waals surface area contributed by atoms with E-state index in [0.717, 1.165) is 39.0 Å². The summed E-state index contributed by atoms with van der Waals surface area (Å²) in [6, 6.07) is 0. The molecule has 1 aromatic rings. The largest absolute Gasteiger partial charge is 0.385 e. The van der Waals surface area contributed by atoms with Crippen molar-refractivity contribution in [1.82, 2.24) is 9.55 Å². The molecule has 0 saturated carbocycles. The fourth-order valence-corrected chi connectivity index (χ4v) is 3.57. The second-order valence-corrected chi connectivity index (χ2v) is 8.42. The minimum absolute atomic E-state index is 0.662. The maximum atomic E-state index is 5.77. The van der Waals surface area contributed by atoms with Crippen LogP contribution in [-0.4, -0.2) is 29.9 Å². The Labute approximate surface area is 192 Å². The van der Waals surface area contributed by atoms with Crippen molar-refractivity contribution in [3.8, 4) is 0 Å². The quantitative estimate of drug-likeness (QED) is 0.139. The Morgan fingerprint density at radius 1 is 0.806 bits per heavy atom. The molecule has 1 heterocycles. The number of nitrogens with zero attached hydrogens (tertiary/aromatic N) is 2. The van der Waals surface area contributed by atoms with Gasteiger partial charge in [-0.3, -0.25) is 0 Å². The molecule has 178 valence electrons. The second kappa shape index (κ2) is 21.8. The first-order valence-corrected chi connectivity index (χ1v) is 12.7. The van der Waals surface area contributed by atoms with Crippen molar-refractivity contribution in [3.63, 3.8) is 0 Å². The topological polar surface area (TPSA) is 36.3 Å². The third kappa shape index (κ3) is 16.9. The van der Waals surface area contributed by atoms with Crippen molar-refractivity contribution in [2.45, 2.75) is 110 Å². The lowest BCUT2D eigenvalue weighted by molar-refractivity contribution is 0.103. The first-order chi connectivity index (χ1) is 15.4. The number of hydrogen-bond acceptors (Lipinski definition) is 3. The summed E-state index contributed by atoms with van der Waals surface area (Å²) in [6.45, 7) is 5.58. The van der Waals surface area contributed by atoms with E-state index in [1.54, 1.807) is 7.11 Å². The lowest BCUT2D eigenvalue weighted by Crippen LogP contribution is -2.05. The molecule has 0 N–H and O–H groups in total. The van der Waals surface area contributed by atoms with Crippen LogP contribution >= 0.6 is 0 Å². The van der Waals surface area contributed by atoms with Crippen molar-refractivity contribution in [3.05, 3.63) is 42.5 Å². The minimum Gasteiger partial charge on any atom is -0.385 e. The number of methoxy groups -OCH3 is 1. The zero-order valence-corrected chi connectivity index (χ0v) is 20.4. The van der Waals surface area contributed by atoms with Gasteiger partial charge in [0.05, 0.1) is 24.8 Å². The summed E-state index contributed by atoms with van der Waals surface area (Å²) in [5.74, 6) is 0. The van der Waals surface area contributed by atoms with Crippen LogP contribution in [0, 0.1) is 0 Å². The van der Waals surface area contributed by atoms with Crippen LogP contribution in [-0.2, 0) is 22.6 Å². The number of allylic oxidation sites excluding steroid dienone is 4. The average Bonchev–Trinajstić information content (AvgIpc) is 3.23. The Kier molecular flexibility index (Phi) is 19.5. The molecular weight excluding hydrogens is 384 g/mol. The van der Waals surface area contributed by atoms with Crippen molar-refractivity contribution in [1.29, 1.82) is 0 Å². The maximum absolute atomic E-state index is 5.77. The number of aromatic nitrogens is 2. The van der Waals surface area contributed by atoms with Crippen molar-refractivity contribution in [2.24, 2.45) is 0 Å². The second-order valence-electron chi connectivity index (χ2n) is 8.42. The van der Waals surface area contributed by atoms with E-state index in [0.29, 0.717) is 6.61 Å². The van der Waals surface area contributed by atoms with Crippen LogP contribution in [0.5, 0.6) is 0 Å². The Hall–Kier alpha value is -1.39. The van der Waals surface area contributed by atoms with Gasteiger partial charge in [-0.25, -0.2) is 4.98 Å². The van der Waals surface area contributed by atoms with Crippen molar-refractivity contribution >= 4 is 0 Å². The number of ether oxygens (including phenoxy) is 2. The van der Waals surface area contributed by atoms with Crippen LogP contribution in [0.1, 0.15) is 103 Å². The monoisotopic (exact) mass is 432 g/mol. The van der Waals surface area contributed by atoms with Crippen molar-refractivity contribution < 1.29 is 9.47 Å². The molecular formula is C27H48N2O2. The molecule has 0 aliphatic carbocycles. The van der Waals surface area contributed by atoms with Crippen molar-refractivity contribution in [2.75, 3.05) is 20.3 Å². The highest BCUT2D eigenvalue weighted by molar-refractivity contribution is 4.96. The van der Waals surface area contributed by atoms with Gasteiger partial charge in [0.1, 0.15) is 0 Å². The number of unbranched alkanes of at least 4 members (excludes halogenated alkanes) is 10. The first kappa shape index (κ1) is 27.6. The fraction of sp³-hybridized carbons (Fsp3) is 0.741. The summed E-state index contributed by atoms with van der Waals surface area (Å²) in [4.78, 5) is 4.29. The van der Waals surface area contributed by atoms with Crippen LogP contribution in [0.2, 0.25) is 0 Å². The molecule has 0 atom stereocenters. The molecule has 4 nitrogen and oxygen atoms in total. The smallest absolute Gasteiger partial charge is 0.0948 e. The lowest BCUT2D eigenvalue weighted by atomic mass is 10.1. The number of aryl methyl sites for hydroxylation is 1. The van der Waals surface area contributed by atoms with Gasteiger partial charge in [-0.05, 0) is 51.4 Å². The van der Waals surface area contributed by atoms with Gasteiger partial charge in [0, 0.05) is 26.9 Å². The molecule has 4 heteroatoms. The van der Waals surface area contributed by atoms with Crippen LogP contribution in [0.15, 0.2) is 36.8 Å². The fourth-order valence-electron chi connectivity index (χ4n) is 3.57. The van der Waals surface area contributed by atoms with E-state index in [-0.39, 0.29) is 0 Å². The van der Waals surface area contributed by atoms with Gasteiger partial charge < -0.3 is 14.0 Å². The summed E-state index contributed by atoms with van der Waals surface area (Å²) in [5, 5.41) is 0. The van der Waals surface area contributed by atoms with Gasteiger partial charge in [-0.2, -0.15) is 0 Å².